The van der Waals surface area contributed by atoms with Gasteiger partial charge >= 0.3 is 0 Å². The molecule has 0 bridgehead atoms. The molecule has 0 aliphatic rings. The second-order valence-electron chi connectivity index (χ2n) is 5.24. The minimum atomic E-state index is 0.266. The molecule has 1 nitrogen and oxygen atoms in total. The van der Waals surface area contributed by atoms with E-state index >= 15 is 0 Å². The summed E-state index contributed by atoms with van der Waals surface area (Å²) in [6.07, 6.45) is 4.27. The lowest BCUT2D eigenvalue weighted by molar-refractivity contribution is 0.682. The fourth-order valence-electron chi connectivity index (χ4n) is 2.75. The Morgan fingerprint density at radius 2 is 1.71 bits per heavy atom. The van der Waals surface area contributed by atoms with Gasteiger partial charge in [-0.25, -0.2) is 0 Å². The predicted octanol–water partition coefficient (Wildman–Crippen LogP) is 4.84. The summed E-state index contributed by atoms with van der Waals surface area (Å²) in [4.78, 5) is 1.31. The summed E-state index contributed by atoms with van der Waals surface area (Å²) in [7, 11) is 2.05. The van der Waals surface area contributed by atoms with Crippen LogP contribution < -0.4 is 5.32 Å². The lowest BCUT2D eigenvalue weighted by Crippen LogP contribution is -2.19. The zero-order chi connectivity index (χ0) is 15.2. The normalized spacial score (nSPS) is 12.4. The maximum absolute atomic E-state index is 3.49. The molecular formula is C19H25NS. The Kier molecular flexibility index (Phi) is 5.89. The van der Waals surface area contributed by atoms with Gasteiger partial charge in [0.1, 0.15) is 0 Å². The number of thioether (sulfide) groups is 1. The number of rotatable bonds is 6. The van der Waals surface area contributed by atoms with Gasteiger partial charge in [0.15, 0.2) is 0 Å². The van der Waals surface area contributed by atoms with Crippen LogP contribution >= 0.6 is 11.8 Å². The van der Waals surface area contributed by atoms with Crippen molar-refractivity contribution in [2.45, 2.75) is 37.6 Å². The Hall–Kier alpha value is -1.25. The maximum atomic E-state index is 3.49. The van der Waals surface area contributed by atoms with Crippen LogP contribution in [0.3, 0.4) is 0 Å². The van der Waals surface area contributed by atoms with E-state index in [0.717, 1.165) is 12.8 Å². The van der Waals surface area contributed by atoms with Crippen LogP contribution in [0.2, 0.25) is 0 Å². The molecule has 1 atom stereocenters. The highest BCUT2D eigenvalue weighted by atomic mass is 32.2. The first kappa shape index (κ1) is 16.1. The summed E-state index contributed by atoms with van der Waals surface area (Å²) >= 11 is 1.79. The van der Waals surface area contributed by atoms with Crippen molar-refractivity contribution in [3.63, 3.8) is 0 Å². The molecular weight excluding hydrogens is 274 g/mol. The Bertz CT molecular complexity index is 575. The van der Waals surface area contributed by atoms with E-state index in [0.29, 0.717) is 0 Å². The van der Waals surface area contributed by atoms with Crippen LogP contribution in [-0.4, -0.2) is 13.3 Å². The smallest absolute Gasteiger partial charge is 0.0577 e. The van der Waals surface area contributed by atoms with Crippen LogP contribution in [0.5, 0.6) is 0 Å². The van der Waals surface area contributed by atoms with E-state index in [1.54, 1.807) is 11.8 Å². The minimum Gasteiger partial charge on any atom is -0.309 e. The maximum Gasteiger partial charge on any atom is 0.0577 e. The third-order valence-electron chi connectivity index (χ3n) is 4.05. The summed E-state index contributed by atoms with van der Waals surface area (Å²) in [5.41, 5.74) is 5.58. The molecule has 0 heterocycles. The highest BCUT2D eigenvalue weighted by Crippen LogP contribution is 2.28. The van der Waals surface area contributed by atoms with Gasteiger partial charge in [0, 0.05) is 4.90 Å². The molecule has 0 fully saturated rings. The number of hydrogen-bond acceptors (Lipinski definition) is 2. The highest BCUT2D eigenvalue weighted by Gasteiger charge is 2.15. The first-order valence-electron chi connectivity index (χ1n) is 7.66. The summed E-state index contributed by atoms with van der Waals surface area (Å²) in [6, 6.07) is 16.1. The third-order valence-corrected chi connectivity index (χ3v) is 4.79. The third kappa shape index (κ3) is 3.69. The Morgan fingerprint density at radius 1 is 1.00 bits per heavy atom. The van der Waals surface area contributed by atoms with E-state index in [1.165, 1.54) is 27.1 Å². The molecule has 2 rings (SSSR count). The van der Waals surface area contributed by atoms with Gasteiger partial charge in [-0.05, 0) is 60.5 Å². The largest absolute Gasteiger partial charge is 0.309 e. The van der Waals surface area contributed by atoms with Gasteiger partial charge in [-0.1, -0.05) is 44.2 Å². The first-order chi connectivity index (χ1) is 10.2. The van der Waals surface area contributed by atoms with Crippen LogP contribution in [0.1, 0.15) is 42.1 Å². The van der Waals surface area contributed by atoms with Gasteiger partial charge in [-0.15, -0.1) is 11.8 Å². The molecule has 1 unspecified atom stereocenters. The van der Waals surface area contributed by atoms with Crippen molar-refractivity contribution in [3.05, 3.63) is 64.7 Å². The van der Waals surface area contributed by atoms with Gasteiger partial charge in [-0.3, -0.25) is 0 Å². The van der Waals surface area contributed by atoms with E-state index in [-0.39, 0.29) is 6.04 Å². The molecule has 0 aliphatic carbocycles. The summed E-state index contributed by atoms with van der Waals surface area (Å²) < 4.78 is 0. The van der Waals surface area contributed by atoms with Crippen LogP contribution in [0.25, 0.3) is 0 Å². The topological polar surface area (TPSA) is 12.0 Å². The van der Waals surface area contributed by atoms with Crippen molar-refractivity contribution in [1.29, 1.82) is 0 Å². The lowest BCUT2D eigenvalue weighted by atomic mass is 9.91. The van der Waals surface area contributed by atoms with Crippen molar-refractivity contribution in [1.82, 2.24) is 5.32 Å². The van der Waals surface area contributed by atoms with Crippen LogP contribution in [0.15, 0.2) is 47.4 Å². The molecule has 21 heavy (non-hydrogen) atoms. The average molecular weight is 299 g/mol. The molecule has 2 aromatic rings. The Morgan fingerprint density at radius 3 is 2.24 bits per heavy atom. The molecule has 0 saturated carbocycles. The van der Waals surface area contributed by atoms with Crippen LogP contribution in [0, 0.1) is 0 Å². The van der Waals surface area contributed by atoms with Gasteiger partial charge in [0.05, 0.1) is 6.04 Å². The number of nitrogens with one attached hydrogen (secondary N) is 1. The molecule has 1 N–H and O–H groups in total. The standard InChI is InChI=1S/C19H25NS/c1-5-14-7-8-15(6-2)18(13-14)19(20-3)16-9-11-17(21-4)12-10-16/h7-13,19-20H,5-6H2,1-4H3. The first-order valence-corrected chi connectivity index (χ1v) is 8.88. The summed E-state index contributed by atoms with van der Waals surface area (Å²) in [6.45, 7) is 4.44. The molecule has 0 aliphatic heterocycles. The number of benzene rings is 2. The monoisotopic (exact) mass is 299 g/mol. The molecule has 0 amide bonds. The van der Waals surface area contributed by atoms with Gasteiger partial charge in [0.2, 0.25) is 0 Å². The van der Waals surface area contributed by atoms with E-state index < -0.39 is 0 Å². The lowest BCUT2D eigenvalue weighted by Gasteiger charge is -2.21. The molecule has 0 saturated heterocycles. The average Bonchev–Trinajstić information content (AvgIpc) is 2.56. The highest BCUT2D eigenvalue weighted by molar-refractivity contribution is 7.98. The Labute approximate surface area is 133 Å². The fraction of sp³-hybridized carbons (Fsp3) is 0.368. The molecule has 0 aromatic heterocycles. The second-order valence-corrected chi connectivity index (χ2v) is 6.11. The van der Waals surface area contributed by atoms with Gasteiger partial charge < -0.3 is 5.32 Å². The predicted molar refractivity (Wildman–Crippen MR) is 94.3 cm³/mol. The van der Waals surface area contributed by atoms with Crippen molar-refractivity contribution < 1.29 is 0 Å². The second kappa shape index (κ2) is 7.67. The van der Waals surface area contributed by atoms with Gasteiger partial charge in [0.25, 0.3) is 0 Å². The minimum absolute atomic E-state index is 0.266. The molecule has 2 heteroatoms. The Balaban J connectivity index is 2.43. The van der Waals surface area contributed by atoms with Crippen molar-refractivity contribution >= 4 is 11.8 Å². The summed E-state index contributed by atoms with van der Waals surface area (Å²) in [5, 5.41) is 3.49. The van der Waals surface area contributed by atoms with E-state index in [1.807, 2.05) is 7.05 Å². The molecule has 0 spiro atoms. The van der Waals surface area contributed by atoms with E-state index in [4.69, 9.17) is 0 Å². The van der Waals surface area contributed by atoms with Crippen molar-refractivity contribution in [2.24, 2.45) is 0 Å². The van der Waals surface area contributed by atoms with E-state index in [9.17, 15) is 0 Å². The van der Waals surface area contributed by atoms with Crippen molar-refractivity contribution in [2.75, 3.05) is 13.3 Å². The molecule has 0 radical (unpaired) electrons. The van der Waals surface area contributed by atoms with Gasteiger partial charge in [-0.2, -0.15) is 0 Å². The van der Waals surface area contributed by atoms with Crippen LogP contribution in [0.4, 0.5) is 0 Å². The fourth-order valence-corrected chi connectivity index (χ4v) is 3.16. The van der Waals surface area contributed by atoms with Crippen LogP contribution in [-0.2, 0) is 12.8 Å². The number of hydrogen-bond donors (Lipinski definition) is 1. The zero-order valence-corrected chi connectivity index (χ0v) is 14.3. The van der Waals surface area contributed by atoms with Crippen molar-refractivity contribution in [3.8, 4) is 0 Å². The van der Waals surface area contributed by atoms with E-state index in [2.05, 4.69) is 67.9 Å². The number of aryl methyl sites for hydroxylation is 2. The quantitative estimate of drug-likeness (QED) is 0.766. The SMILES string of the molecule is CCc1ccc(CC)c(C(NC)c2ccc(SC)cc2)c1. The molecule has 112 valence electrons. The zero-order valence-electron chi connectivity index (χ0n) is 13.4. The molecule has 2 aromatic carbocycles. The summed E-state index contributed by atoms with van der Waals surface area (Å²) in [5.74, 6) is 0.